The molecule has 1 aromatic rings. The normalized spacial score (nSPS) is 33.2. The maximum Gasteiger partial charge on any atom is 0.335 e. The molecule has 6 aliphatic carbocycles. The number of amides is 1. The molecule has 1 saturated heterocycles. The predicted octanol–water partition coefficient (Wildman–Crippen LogP) is 11.5. The van der Waals surface area contributed by atoms with Gasteiger partial charge in [0.15, 0.2) is 0 Å². The van der Waals surface area contributed by atoms with Gasteiger partial charge in [0.05, 0.1) is 5.56 Å². The Kier molecular flexibility index (Phi) is 19.5. The predicted molar refractivity (Wildman–Crippen MR) is 258 cm³/mol. The molecule has 1 heterocycles. The van der Waals surface area contributed by atoms with Crippen LogP contribution in [0.2, 0.25) is 0 Å². The van der Waals surface area contributed by atoms with Crippen molar-refractivity contribution >= 4 is 17.4 Å². The summed E-state index contributed by atoms with van der Waals surface area (Å²) in [5.41, 5.74) is 4.12. The first kappa shape index (κ1) is 51.6. The Morgan fingerprint density at radius 1 is 0.770 bits per heavy atom. The topological polar surface area (TPSA) is 72.9 Å². The highest BCUT2D eigenvalue weighted by Crippen LogP contribution is 2.72. The number of nitrogens with zero attached hydrogens (tertiary/aromatic N) is 2. The Balaban J connectivity index is 0.000000832. The van der Waals surface area contributed by atoms with Crippen molar-refractivity contribution in [2.45, 2.75) is 144 Å². The largest absolute Gasteiger partial charge is 0.478 e. The maximum atomic E-state index is 13.0. The molecule has 6 nitrogen and oxygen atoms in total. The Labute approximate surface area is 373 Å². The molecule has 7 aliphatic rings. The minimum atomic E-state index is -0.852. The zero-order valence-corrected chi connectivity index (χ0v) is 39.4. The summed E-state index contributed by atoms with van der Waals surface area (Å²) in [5.74, 6) is 3.84. The van der Waals surface area contributed by atoms with Crippen LogP contribution in [-0.4, -0.2) is 71.6 Å². The zero-order valence-electron chi connectivity index (χ0n) is 39.4. The summed E-state index contributed by atoms with van der Waals surface area (Å²) in [4.78, 5) is 29.3. The Hall–Kier alpha value is -3.76. The number of hydrogen-bond acceptors (Lipinski definition) is 4. The van der Waals surface area contributed by atoms with Crippen LogP contribution in [0.25, 0.3) is 5.57 Å². The summed E-state index contributed by atoms with van der Waals surface area (Å²) in [6.07, 6.45) is 46.5. The van der Waals surface area contributed by atoms with Gasteiger partial charge >= 0.3 is 5.97 Å². The van der Waals surface area contributed by atoms with E-state index in [1.54, 1.807) is 18.2 Å². The highest BCUT2D eigenvalue weighted by atomic mass is 16.4. The first-order valence-corrected chi connectivity index (χ1v) is 23.8. The van der Waals surface area contributed by atoms with Crippen LogP contribution in [0.4, 0.5) is 0 Å². The van der Waals surface area contributed by atoms with Crippen molar-refractivity contribution in [2.75, 3.05) is 39.3 Å². The highest BCUT2D eigenvalue weighted by Gasteiger charge is 2.65. The van der Waals surface area contributed by atoms with Crippen LogP contribution >= 0.6 is 0 Å². The molecule has 6 heteroatoms. The first-order valence-electron chi connectivity index (χ1n) is 23.8. The second-order valence-corrected chi connectivity index (χ2v) is 19.6. The van der Waals surface area contributed by atoms with E-state index in [-0.39, 0.29) is 5.41 Å². The number of aromatic carboxylic acids is 1. The summed E-state index contributed by atoms with van der Waals surface area (Å²) >= 11 is 0. The SMILES string of the molecule is C#C.C#C.C#C.C=CC.CC.CC1(C)C(c2ccc(C(=O)O)cc2)=CC[C@@]2(C)C1CC[C@@]1(C)C3CC[C@@]4(NCCN5CCN(C(=O)C6CCCC6)CC5)CCCC4[C@H]3CCC12. The summed E-state index contributed by atoms with van der Waals surface area (Å²) in [6, 6.07) is 7.65. The van der Waals surface area contributed by atoms with Crippen molar-refractivity contribution in [1.82, 2.24) is 15.1 Å². The number of rotatable bonds is 7. The number of carboxylic acid groups (broad SMARTS) is 1. The number of terminal acetylenes is 3. The number of carboxylic acids is 1. The second kappa shape index (κ2) is 23.1. The minimum absolute atomic E-state index is 0.0607. The lowest BCUT2D eigenvalue weighted by Gasteiger charge is -2.68. The fourth-order valence-electron chi connectivity index (χ4n) is 14.5. The number of nitrogens with one attached hydrogen (secondary N) is 1. The van der Waals surface area contributed by atoms with E-state index >= 15 is 0 Å². The number of hydrogen-bond donors (Lipinski definition) is 2. The van der Waals surface area contributed by atoms with E-state index < -0.39 is 5.97 Å². The van der Waals surface area contributed by atoms with E-state index in [1.807, 2.05) is 32.9 Å². The molecule has 0 bridgehead atoms. The molecule has 4 unspecified atom stereocenters. The third-order valence-electron chi connectivity index (χ3n) is 16.8. The number of fused-ring (bicyclic) bond motifs is 7. The average molecular weight is 834 g/mol. The molecular weight excluding hydrogens is 751 g/mol. The molecule has 61 heavy (non-hydrogen) atoms. The molecule has 8 atom stereocenters. The van der Waals surface area contributed by atoms with E-state index in [0.29, 0.717) is 39.7 Å². The van der Waals surface area contributed by atoms with Gasteiger partial charge in [-0.1, -0.05) is 85.1 Å². The second-order valence-electron chi connectivity index (χ2n) is 19.6. The van der Waals surface area contributed by atoms with Gasteiger partial charge in [0.1, 0.15) is 0 Å². The van der Waals surface area contributed by atoms with Crippen molar-refractivity contribution in [1.29, 1.82) is 0 Å². The van der Waals surface area contributed by atoms with E-state index in [0.717, 1.165) is 82.2 Å². The van der Waals surface area contributed by atoms with Gasteiger partial charge in [-0.25, -0.2) is 4.79 Å². The van der Waals surface area contributed by atoms with E-state index in [1.165, 1.54) is 81.8 Å². The molecule has 1 amide bonds. The van der Waals surface area contributed by atoms with Crippen LogP contribution in [0.5, 0.6) is 0 Å². The molecule has 0 aromatic heterocycles. The van der Waals surface area contributed by atoms with Crippen molar-refractivity contribution in [3.8, 4) is 38.5 Å². The van der Waals surface area contributed by atoms with Crippen LogP contribution in [0.15, 0.2) is 43.0 Å². The Morgan fingerprint density at radius 3 is 1.97 bits per heavy atom. The third-order valence-corrected chi connectivity index (χ3v) is 16.8. The van der Waals surface area contributed by atoms with Gasteiger partial charge in [-0.2, -0.15) is 0 Å². The highest BCUT2D eigenvalue weighted by molar-refractivity contribution is 5.88. The van der Waals surface area contributed by atoms with Crippen molar-refractivity contribution in [3.63, 3.8) is 0 Å². The van der Waals surface area contributed by atoms with Crippen molar-refractivity contribution in [2.24, 2.45) is 51.8 Å². The fraction of sp³-hybridized carbons (Fsp3) is 0.673. The number of benzene rings is 1. The van der Waals surface area contributed by atoms with Gasteiger partial charge in [-0.3, -0.25) is 9.69 Å². The van der Waals surface area contributed by atoms with E-state index in [2.05, 4.69) is 94.0 Å². The van der Waals surface area contributed by atoms with Gasteiger partial charge < -0.3 is 15.3 Å². The molecule has 336 valence electrons. The van der Waals surface area contributed by atoms with Gasteiger partial charge in [-0.15, -0.1) is 45.1 Å². The number of piperazine rings is 1. The van der Waals surface area contributed by atoms with Gasteiger partial charge in [-0.05, 0) is 147 Å². The average Bonchev–Trinajstić information content (AvgIpc) is 3.98. The molecule has 6 fully saturated rings. The third kappa shape index (κ3) is 10.4. The smallest absolute Gasteiger partial charge is 0.335 e. The van der Waals surface area contributed by atoms with Crippen LogP contribution in [0, 0.1) is 90.3 Å². The van der Waals surface area contributed by atoms with Gasteiger partial charge in [0.2, 0.25) is 5.91 Å². The first-order chi connectivity index (χ1) is 29.4. The number of carbonyl (C=O) groups excluding carboxylic acids is 1. The molecule has 5 saturated carbocycles. The lowest BCUT2D eigenvalue weighted by molar-refractivity contribution is -0.172. The van der Waals surface area contributed by atoms with E-state index in [4.69, 9.17) is 0 Å². The van der Waals surface area contributed by atoms with Crippen molar-refractivity contribution in [3.05, 3.63) is 54.1 Å². The summed E-state index contributed by atoms with van der Waals surface area (Å²) in [6.45, 7) is 25.7. The minimum Gasteiger partial charge on any atom is -0.478 e. The molecule has 0 spiro atoms. The lowest BCUT2D eigenvalue weighted by Crippen LogP contribution is -2.64. The Bertz CT molecular complexity index is 1640. The molecular formula is C55H83N3O3. The standard InChI is InChI=1S/C44H65N3O3.C3H6.C2H6.3C2H2/c1-41(2)34(30-11-13-32(14-12-30)40(49)50)17-21-43(4)37(41)19-22-42(3)35-18-23-44(20-7-10-36(44)33(35)15-16-38(42)43)45-24-25-46-26-28-47(29-27-46)39(48)31-8-5-6-9-31;1-3-2;4*1-2/h11-14,17,31,33,35-38,45H,5-10,15-16,18-29H2,1-4H3,(H,49,50);3H,1H2,2H3;1-2H3;3*1-2H/t33-,35?,36?,37?,38?,42-,43-,44-;;;;;/m0...../s1. The Morgan fingerprint density at radius 2 is 1.38 bits per heavy atom. The summed E-state index contributed by atoms with van der Waals surface area (Å²) in [7, 11) is 0. The summed E-state index contributed by atoms with van der Waals surface area (Å²) in [5, 5.41) is 13.7. The van der Waals surface area contributed by atoms with Crippen molar-refractivity contribution < 1.29 is 14.7 Å². The number of allylic oxidation sites excluding steroid dienone is 3. The number of carbonyl (C=O) groups is 2. The monoisotopic (exact) mass is 834 g/mol. The molecule has 1 aromatic carbocycles. The van der Waals surface area contributed by atoms with Gasteiger partial charge in [0.25, 0.3) is 0 Å². The maximum absolute atomic E-state index is 13.0. The van der Waals surface area contributed by atoms with E-state index in [9.17, 15) is 14.7 Å². The molecule has 8 rings (SSSR count). The quantitative estimate of drug-likeness (QED) is 0.211. The van der Waals surface area contributed by atoms with Crippen LogP contribution in [0.1, 0.15) is 154 Å². The molecule has 0 radical (unpaired) electrons. The fourth-order valence-corrected chi connectivity index (χ4v) is 14.5. The van der Waals surface area contributed by atoms with Crippen LogP contribution in [0.3, 0.4) is 0 Å². The van der Waals surface area contributed by atoms with Gasteiger partial charge in [0, 0.05) is 50.7 Å². The van der Waals surface area contributed by atoms with Crippen LogP contribution in [-0.2, 0) is 4.79 Å². The molecule has 1 aliphatic heterocycles. The zero-order chi connectivity index (χ0) is 45.6. The molecule has 2 N–H and O–H groups in total. The lowest BCUT2D eigenvalue weighted by atomic mass is 9.37. The summed E-state index contributed by atoms with van der Waals surface area (Å²) < 4.78 is 0. The van der Waals surface area contributed by atoms with Crippen LogP contribution < -0.4 is 5.32 Å².